The summed E-state index contributed by atoms with van der Waals surface area (Å²) in [5.74, 6) is 0.956. The lowest BCUT2D eigenvalue weighted by molar-refractivity contribution is -0.142. The highest BCUT2D eigenvalue weighted by molar-refractivity contribution is 9.10. The number of esters is 1. The van der Waals surface area contributed by atoms with Crippen molar-refractivity contribution in [2.75, 3.05) is 26.0 Å². The third kappa shape index (κ3) is 5.72. The molecule has 0 fully saturated rings. The maximum atomic E-state index is 11.7. The molecule has 3 N–H and O–H groups in total. The predicted molar refractivity (Wildman–Crippen MR) is 100 cm³/mol. The average Bonchev–Trinajstić information content (AvgIpc) is 2.62. The molecule has 0 radical (unpaired) electrons. The van der Waals surface area contributed by atoms with E-state index in [-0.39, 0.29) is 18.6 Å². The molecule has 1 aromatic heterocycles. The normalized spacial score (nSPS) is 11.8. The molecule has 0 spiro atoms. The van der Waals surface area contributed by atoms with Crippen molar-refractivity contribution in [3.05, 3.63) is 52.1 Å². The van der Waals surface area contributed by atoms with Crippen molar-refractivity contribution >= 4 is 27.7 Å². The van der Waals surface area contributed by atoms with Crippen LogP contribution in [0.2, 0.25) is 0 Å². The Morgan fingerprint density at radius 3 is 2.72 bits per heavy atom. The first-order valence-electron chi connectivity index (χ1n) is 7.96. The molecule has 134 valence electrons. The van der Waals surface area contributed by atoms with Gasteiger partial charge < -0.3 is 15.2 Å². The fourth-order valence-corrected chi connectivity index (χ4v) is 2.82. The summed E-state index contributed by atoms with van der Waals surface area (Å²) in [7, 11) is 1.62. The SMILES string of the molecule is CCOC(=O)CNC(Cc1cc(Br)cnc1N)c1ccc(OC)cc1. The summed E-state index contributed by atoms with van der Waals surface area (Å²) in [5.41, 5.74) is 7.91. The van der Waals surface area contributed by atoms with E-state index in [0.29, 0.717) is 18.8 Å². The number of aromatic nitrogens is 1. The minimum atomic E-state index is -0.290. The molecule has 1 aromatic carbocycles. The summed E-state index contributed by atoms with van der Waals surface area (Å²) in [6.45, 7) is 2.26. The fourth-order valence-electron chi connectivity index (χ4n) is 2.44. The lowest BCUT2D eigenvalue weighted by Crippen LogP contribution is -2.30. The number of carbonyl (C=O) groups is 1. The van der Waals surface area contributed by atoms with E-state index in [9.17, 15) is 4.79 Å². The highest BCUT2D eigenvalue weighted by Gasteiger charge is 2.16. The Bertz CT molecular complexity index is 707. The van der Waals surface area contributed by atoms with Gasteiger partial charge in [0, 0.05) is 16.7 Å². The van der Waals surface area contributed by atoms with Crippen LogP contribution in [0, 0.1) is 0 Å². The van der Waals surface area contributed by atoms with E-state index in [4.69, 9.17) is 15.2 Å². The number of anilines is 1. The van der Waals surface area contributed by atoms with Gasteiger partial charge in [-0.3, -0.25) is 10.1 Å². The summed E-state index contributed by atoms with van der Waals surface area (Å²) < 4.78 is 11.1. The molecule has 0 amide bonds. The van der Waals surface area contributed by atoms with E-state index in [1.165, 1.54) is 0 Å². The monoisotopic (exact) mass is 407 g/mol. The number of hydrogen-bond donors (Lipinski definition) is 2. The first-order valence-corrected chi connectivity index (χ1v) is 8.75. The minimum absolute atomic E-state index is 0.117. The highest BCUT2D eigenvalue weighted by atomic mass is 79.9. The smallest absolute Gasteiger partial charge is 0.319 e. The lowest BCUT2D eigenvalue weighted by Gasteiger charge is -2.20. The van der Waals surface area contributed by atoms with E-state index in [0.717, 1.165) is 21.3 Å². The second kappa shape index (κ2) is 9.39. The molecule has 2 aromatic rings. The van der Waals surface area contributed by atoms with Crippen LogP contribution in [-0.2, 0) is 16.0 Å². The van der Waals surface area contributed by atoms with Gasteiger partial charge in [0.1, 0.15) is 11.6 Å². The Labute approximate surface area is 155 Å². The number of nitrogens with two attached hydrogens (primary N) is 1. The predicted octanol–water partition coefficient (Wildman–Crippen LogP) is 2.87. The van der Waals surface area contributed by atoms with Gasteiger partial charge in [-0.05, 0) is 58.6 Å². The van der Waals surface area contributed by atoms with Crippen LogP contribution in [-0.4, -0.2) is 31.2 Å². The van der Waals surface area contributed by atoms with Gasteiger partial charge in [0.2, 0.25) is 0 Å². The quantitative estimate of drug-likeness (QED) is 0.654. The maximum absolute atomic E-state index is 11.7. The van der Waals surface area contributed by atoms with E-state index in [1.807, 2.05) is 30.3 Å². The number of rotatable bonds is 8. The lowest BCUT2D eigenvalue weighted by atomic mass is 9.99. The second-order valence-corrected chi connectivity index (χ2v) is 6.33. The standard InChI is InChI=1S/C18H22BrN3O3/c1-3-25-17(23)11-21-16(12-4-6-15(24-2)7-5-12)9-13-8-14(19)10-22-18(13)20/h4-8,10,16,21H,3,9,11H2,1-2H3,(H2,20,22). The van der Waals surface area contributed by atoms with Gasteiger partial charge in [-0.1, -0.05) is 12.1 Å². The van der Waals surface area contributed by atoms with E-state index in [1.54, 1.807) is 20.2 Å². The van der Waals surface area contributed by atoms with Crippen molar-refractivity contribution in [1.29, 1.82) is 0 Å². The molecule has 2 rings (SSSR count). The molecule has 7 heteroatoms. The van der Waals surface area contributed by atoms with Crippen LogP contribution in [0.4, 0.5) is 5.82 Å². The molecular weight excluding hydrogens is 386 g/mol. The van der Waals surface area contributed by atoms with E-state index >= 15 is 0 Å². The van der Waals surface area contributed by atoms with Crippen LogP contribution < -0.4 is 15.8 Å². The summed E-state index contributed by atoms with van der Waals surface area (Å²) in [6.07, 6.45) is 2.25. The van der Waals surface area contributed by atoms with Gasteiger partial charge in [-0.25, -0.2) is 4.98 Å². The van der Waals surface area contributed by atoms with Gasteiger partial charge in [0.15, 0.2) is 0 Å². The van der Waals surface area contributed by atoms with Crippen molar-refractivity contribution in [2.45, 2.75) is 19.4 Å². The Morgan fingerprint density at radius 2 is 2.08 bits per heavy atom. The third-order valence-electron chi connectivity index (χ3n) is 3.71. The molecule has 1 heterocycles. The molecule has 0 aliphatic rings. The Balaban J connectivity index is 2.20. The zero-order valence-corrected chi connectivity index (χ0v) is 15.9. The molecule has 0 aliphatic heterocycles. The number of nitrogens with zero attached hydrogens (tertiary/aromatic N) is 1. The van der Waals surface area contributed by atoms with Gasteiger partial charge in [-0.2, -0.15) is 0 Å². The number of methoxy groups -OCH3 is 1. The van der Waals surface area contributed by atoms with Crippen molar-refractivity contribution in [3.8, 4) is 5.75 Å². The van der Waals surface area contributed by atoms with Crippen LogP contribution in [0.1, 0.15) is 24.1 Å². The number of pyridine rings is 1. The number of hydrogen-bond acceptors (Lipinski definition) is 6. The van der Waals surface area contributed by atoms with E-state index in [2.05, 4.69) is 26.2 Å². The molecule has 6 nitrogen and oxygen atoms in total. The fraction of sp³-hybridized carbons (Fsp3) is 0.333. The first-order chi connectivity index (χ1) is 12.0. The van der Waals surface area contributed by atoms with Gasteiger partial charge in [0.25, 0.3) is 0 Å². The molecular formula is C18H22BrN3O3. The van der Waals surface area contributed by atoms with Crippen LogP contribution >= 0.6 is 15.9 Å². The second-order valence-electron chi connectivity index (χ2n) is 5.41. The third-order valence-corrected chi connectivity index (χ3v) is 4.14. The van der Waals surface area contributed by atoms with E-state index < -0.39 is 0 Å². The maximum Gasteiger partial charge on any atom is 0.319 e. The number of halogens is 1. The topological polar surface area (TPSA) is 86.5 Å². The molecule has 0 saturated carbocycles. The Hall–Kier alpha value is -2.12. The highest BCUT2D eigenvalue weighted by Crippen LogP contribution is 2.25. The number of benzene rings is 1. The summed E-state index contributed by atoms with van der Waals surface area (Å²) in [4.78, 5) is 15.9. The van der Waals surface area contributed by atoms with Crippen molar-refractivity contribution in [2.24, 2.45) is 0 Å². The first kappa shape index (κ1) is 19.2. The van der Waals surface area contributed by atoms with Crippen molar-refractivity contribution in [1.82, 2.24) is 10.3 Å². The van der Waals surface area contributed by atoms with Crippen LogP contribution in [0.5, 0.6) is 5.75 Å². The van der Waals surface area contributed by atoms with Crippen molar-refractivity contribution < 1.29 is 14.3 Å². The van der Waals surface area contributed by atoms with Crippen LogP contribution in [0.25, 0.3) is 0 Å². The Morgan fingerprint density at radius 1 is 1.36 bits per heavy atom. The Kier molecular flexibility index (Phi) is 7.21. The molecule has 1 unspecified atom stereocenters. The number of nitrogen functional groups attached to an aromatic ring is 1. The number of carbonyl (C=O) groups excluding carboxylic acids is 1. The minimum Gasteiger partial charge on any atom is -0.497 e. The van der Waals surface area contributed by atoms with Crippen LogP contribution in [0.3, 0.4) is 0 Å². The molecule has 25 heavy (non-hydrogen) atoms. The molecule has 0 aliphatic carbocycles. The van der Waals surface area contributed by atoms with Crippen molar-refractivity contribution in [3.63, 3.8) is 0 Å². The zero-order chi connectivity index (χ0) is 18.2. The number of ether oxygens (including phenoxy) is 2. The molecule has 0 bridgehead atoms. The van der Waals surface area contributed by atoms with Gasteiger partial charge in [0.05, 0.1) is 20.3 Å². The zero-order valence-electron chi connectivity index (χ0n) is 14.3. The largest absolute Gasteiger partial charge is 0.497 e. The summed E-state index contributed by atoms with van der Waals surface area (Å²) in [5, 5.41) is 3.24. The summed E-state index contributed by atoms with van der Waals surface area (Å²) in [6, 6.07) is 9.51. The summed E-state index contributed by atoms with van der Waals surface area (Å²) >= 11 is 3.42. The van der Waals surface area contributed by atoms with Gasteiger partial charge in [-0.15, -0.1) is 0 Å². The number of nitrogens with one attached hydrogen (secondary N) is 1. The molecule has 1 atom stereocenters. The average molecular weight is 408 g/mol. The van der Waals surface area contributed by atoms with Gasteiger partial charge >= 0.3 is 5.97 Å². The van der Waals surface area contributed by atoms with Crippen LogP contribution in [0.15, 0.2) is 41.0 Å². The molecule has 0 saturated heterocycles.